The predicted molar refractivity (Wildman–Crippen MR) is 90.4 cm³/mol. The molecule has 23 heavy (non-hydrogen) atoms. The van der Waals surface area contributed by atoms with E-state index < -0.39 is 0 Å². The van der Waals surface area contributed by atoms with Crippen molar-refractivity contribution >= 4 is 11.6 Å². The summed E-state index contributed by atoms with van der Waals surface area (Å²) in [6.45, 7) is 4.51. The maximum Gasteiger partial charge on any atom is 0.232 e. The Labute approximate surface area is 136 Å². The summed E-state index contributed by atoms with van der Waals surface area (Å²) in [6.07, 6.45) is 0.592. The summed E-state index contributed by atoms with van der Waals surface area (Å²) in [5.74, 6) is 1.27. The molecular weight excluding hydrogens is 290 g/mol. The van der Waals surface area contributed by atoms with Gasteiger partial charge >= 0.3 is 0 Å². The third kappa shape index (κ3) is 2.77. The van der Waals surface area contributed by atoms with Crippen LogP contribution in [0.4, 0.5) is 5.69 Å². The van der Waals surface area contributed by atoms with E-state index in [1.807, 2.05) is 50.2 Å². The second-order valence-electron chi connectivity index (χ2n) is 5.67. The van der Waals surface area contributed by atoms with Crippen molar-refractivity contribution in [3.05, 3.63) is 53.1 Å². The Morgan fingerprint density at radius 1 is 1.17 bits per heavy atom. The number of hydrogen-bond acceptors (Lipinski definition) is 3. The van der Waals surface area contributed by atoms with Crippen molar-refractivity contribution in [1.29, 1.82) is 0 Å². The highest BCUT2D eigenvalue weighted by Crippen LogP contribution is 2.40. The third-order valence-electron chi connectivity index (χ3n) is 4.24. The van der Waals surface area contributed by atoms with Crippen LogP contribution in [0.5, 0.6) is 11.5 Å². The number of anilines is 1. The van der Waals surface area contributed by atoms with Crippen molar-refractivity contribution in [2.45, 2.75) is 26.2 Å². The van der Waals surface area contributed by atoms with E-state index >= 15 is 0 Å². The van der Waals surface area contributed by atoms with Gasteiger partial charge in [0.1, 0.15) is 0 Å². The van der Waals surface area contributed by atoms with Gasteiger partial charge in [0.25, 0.3) is 0 Å². The average Bonchev–Trinajstić information content (AvgIpc) is 2.87. The van der Waals surface area contributed by atoms with E-state index in [2.05, 4.69) is 5.32 Å². The largest absolute Gasteiger partial charge is 0.493 e. The Morgan fingerprint density at radius 2 is 1.96 bits per heavy atom. The normalized spacial score (nSPS) is 16.0. The number of para-hydroxylation sites is 2. The van der Waals surface area contributed by atoms with Gasteiger partial charge in [-0.2, -0.15) is 0 Å². The maximum absolute atomic E-state index is 12.4. The Hall–Kier alpha value is -2.49. The van der Waals surface area contributed by atoms with Gasteiger partial charge in [-0.3, -0.25) is 4.79 Å². The van der Waals surface area contributed by atoms with Crippen molar-refractivity contribution in [1.82, 2.24) is 0 Å². The number of benzene rings is 2. The van der Waals surface area contributed by atoms with Gasteiger partial charge in [0.15, 0.2) is 11.5 Å². The van der Waals surface area contributed by atoms with Crippen LogP contribution in [0, 0.1) is 6.92 Å². The highest BCUT2D eigenvalue weighted by molar-refractivity contribution is 6.03. The molecule has 0 fully saturated rings. The molecule has 0 radical (unpaired) electrons. The second-order valence-corrected chi connectivity index (χ2v) is 5.67. The lowest BCUT2D eigenvalue weighted by atomic mass is 9.92. The van der Waals surface area contributed by atoms with E-state index in [-0.39, 0.29) is 11.8 Å². The minimum atomic E-state index is -0.198. The highest BCUT2D eigenvalue weighted by Gasteiger charge is 2.32. The Bertz CT molecular complexity index is 739. The zero-order chi connectivity index (χ0) is 16.4. The number of amides is 1. The summed E-state index contributed by atoms with van der Waals surface area (Å²) in [5.41, 5.74) is 4.08. The number of carbonyl (C=O) groups excluding carboxylic acids is 1. The average molecular weight is 311 g/mol. The van der Waals surface area contributed by atoms with Gasteiger partial charge in [-0.05, 0) is 43.0 Å². The quantitative estimate of drug-likeness (QED) is 0.916. The SMILES string of the molecule is CCOc1c(C[C@@H]2C(=O)Nc3c(C)cccc32)cccc1OC. The van der Waals surface area contributed by atoms with Crippen LogP contribution in [0.2, 0.25) is 0 Å². The molecule has 0 aromatic heterocycles. The molecule has 2 aromatic carbocycles. The van der Waals surface area contributed by atoms with E-state index in [1.54, 1.807) is 7.11 Å². The molecule has 1 amide bonds. The summed E-state index contributed by atoms with van der Waals surface area (Å²) in [6, 6.07) is 11.8. The van der Waals surface area contributed by atoms with Crippen molar-refractivity contribution in [2.24, 2.45) is 0 Å². The van der Waals surface area contributed by atoms with Gasteiger partial charge in [0, 0.05) is 5.69 Å². The Morgan fingerprint density at radius 3 is 2.70 bits per heavy atom. The maximum atomic E-state index is 12.4. The van der Waals surface area contributed by atoms with Gasteiger partial charge < -0.3 is 14.8 Å². The lowest BCUT2D eigenvalue weighted by Crippen LogP contribution is -2.15. The molecule has 0 spiro atoms. The Kier molecular flexibility index (Phi) is 4.24. The van der Waals surface area contributed by atoms with E-state index in [1.165, 1.54) is 0 Å². The smallest absolute Gasteiger partial charge is 0.232 e. The number of fused-ring (bicyclic) bond motifs is 1. The van der Waals surface area contributed by atoms with Crippen LogP contribution >= 0.6 is 0 Å². The molecule has 1 atom stereocenters. The lowest BCUT2D eigenvalue weighted by Gasteiger charge is -2.16. The molecule has 0 bridgehead atoms. The van der Waals surface area contributed by atoms with Crippen molar-refractivity contribution in [2.75, 3.05) is 19.0 Å². The Balaban J connectivity index is 1.97. The second kappa shape index (κ2) is 6.32. The van der Waals surface area contributed by atoms with Crippen molar-refractivity contribution in [3.63, 3.8) is 0 Å². The fourth-order valence-electron chi connectivity index (χ4n) is 3.12. The fraction of sp³-hybridized carbons (Fsp3) is 0.316. The van der Waals surface area contributed by atoms with Gasteiger partial charge in [-0.25, -0.2) is 0 Å². The first-order valence-electron chi connectivity index (χ1n) is 7.84. The molecule has 3 rings (SSSR count). The summed E-state index contributed by atoms with van der Waals surface area (Å²) in [5, 5.41) is 3.01. The monoisotopic (exact) mass is 311 g/mol. The number of aryl methyl sites for hydroxylation is 1. The zero-order valence-corrected chi connectivity index (χ0v) is 13.7. The molecule has 1 heterocycles. The zero-order valence-electron chi connectivity index (χ0n) is 13.7. The lowest BCUT2D eigenvalue weighted by molar-refractivity contribution is -0.117. The molecular formula is C19H21NO3. The van der Waals surface area contributed by atoms with Gasteiger partial charge in [-0.15, -0.1) is 0 Å². The van der Waals surface area contributed by atoms with Crippen LogP contribution in [0.1, 0.15) is 29.5 Å². The van der Waals surface area contributed by atoms with E-state index in [9.17, 15) is 4.79 Å². The molecule has 4 nitrogen and oxygen atoms in total. The summed E-state index contributed by atoms with van der Waals surface area (Å²) in [7, 11) is 1.63. The molecule has 4 heteroatoms. The molecule has 0 saturated carbocycles. The van der Waals surface area contributed by atoms with Gasteiger partial charge in [0.2, 0.25) is 5.91 Å². The summed E-state index contributed by atoms with van der Waals surface area (Å²) in [4.78, 5) is 12.4. The number of methoxy groups -OCH3 is 1. The van der Waals surface area contributed by atoms with Crippen molar-refractivity contribution in [3.8, 4) is 11.5 Å². The van der Waals surface area contributed by atoms with Crippen LogP contribution in [-0.2, 0) is 11.2 Å². The van der Waals surface area contributed by atoms with Crippen LogP contribution in [-0.4, -0.2) is 19.6 Å². The minimum Gasteiger partial charge on any atom is -0.493 e. The molecule has 0 aliphatic carbocycles. The number of ether oxygens (including phenoxy) is 2. The molecule has 120 valence electrons. The number of nitrogens with one attached hydrogen (secondary N) is 1. The molecule has 1 N–H and O–H groups in total. The van der Waals surface area contributed by atoms with E-state index in [0.717, 1.165) is 28.1 Å². The number of rotatable bonds is 5. The molecule has 2 aromatic rings. The number of hydrogen-bond donors (Lipinski definition) is 1. The molecule has 1 aliphatic rings. The standard InChI is InChI=1S/C19H21NO3/c1-4-23-18-13(8-6-10-16(18)22-3)11-15-14-9-5-7-12(2)17(14)20-19(15)21/h5-10,15H,4,11H2,1-3H3,(H,20,21)/t15-/m0/s1. The topological polar surface area (TPSA) is 47.6 Å². The summed E-state index contributed by atoms with van der Waals surface area (Å²) >= 11 is 0. The fourth-order valence-corrected chi connectivity index (χ4v) is 3.12. The highest BCUT2D eigenvalue weighted by atomic mass is 16.5. The van der Waals surface area contributed by atoms with Crippen LogP contribution in [0.15, 0.2) is 36.4 Å². The van der Waals surface area contributed by atoms with Crippen LogP contribution in [0.3, 0.4) is 0 Å². The van der Waals surface area contributed by atoms with E-state index in [4.69, 9.17) is 9.47 Å². The number of carbonyl (C=O) groups is 1. The summed E-state index contributed by atoms with van der Waals surface area (Å²) < 4.78 is 11.2. The molecule has 0 unspecified atom stereocenters. The van der Waals surface area contributed by atoms with Crippen molar-refractivity contribution < 1.29 is 14.3 Å². The van der Waals surface area contributed by atoms with Gasteiger partial charge in [0.05, 0.1) is 19.6 Å². The van der Waals surface area contributed by atoms with E-state index in [0.29, 0.717) is 18.8 Å². The third-order valence-corrected chi connectivity index (χ3v) is 4.24. The first-order valence-corrected chi connectivity index (χ1v) is 7.84. The van der Waals surface area contributed by atoms with Crippen LogP contribution in [0.25, 0.3) is 0 Å². The molecule has 1 aliphatic heterocycles. The molecule has 0 saturated heterocycles. The van der Waals surface area contributed by atoms with Crippen LogP contribution < -0.4 is 14.8 Å². The predicted octanol–water partition coefficient (Wildman–Crippen LogP) is 3.68. The minimum absolute atomic E-state index is 0.0413. The van der Waals surface area contributed by atoms with Gasteiger partial charge in [-0.1, -0.05) is 30.3 Å². The first kappa shape index (κ1) is 15.4. The first-order chi connectivity index (χ1) is 11.2.